The Labute approximate surface area is 385 Å². The Morgan fingerprint density at radius 3 is 1.51 bits per heavy atom. The number of nitro groups is 1. The van der Waals surface area contributed by atoms with Gasteiger partial charge in [-0.15, -0.1) is 0 Å². The molecule has 344 valence electrons. The van der Waals surface area contributed by atoms with Gasteiger partial charge in [-0.05, 0) is 85.5 Å². The highest BCUT2D eigenvalue weighted by atomic mass is 35.5. The Morgan fingerprint density at radius 1 is 0.619 bits per heavy atom. The van der Waals surface area contributed by atoms with Gasteiger partial charge in [-0.2, -0.15) is 0 Å². The highest BCUT2D eigenvalue weighted by molar-refractivity contribution is 6.35. The molecule has 2 aliphatic heterocycles. The minimum atomic E-state index is -0.760. The maximum Gasteiger partial charge on any atom is 0.269 e. The third-order valence-corrected chi connectivity index (χ3v) is 16.0. The number of hydrogen-bond donors (Lipinski definition) is 2. The number of nitrogens with zero attached hydrogens (tertiary/aromatic N) is 5. The standard InChI is InChI=1S/C25H35Cl2N3O.C25H36N4O3/c26-21-12-11-20(22(27)15-21)17-30-23(31)25(29-24(30)28,16-19-9-5-2-6-10-19)14-13-18-7-3-1-4-8-18;26-24-27-25(17-20-10-5-2-6-11-20,15-14-19-8-3-1-4-9-19)23(30)28(24)18-21-12-7-13-22(16-21)29(31)32/h11-12,15,18-19H,1-10,13-14,16-17H2,(H2,28,29);7,12-13,16,19-20H,1-6,8-11,14-15,17-18H2,(H2,26,27)/t2*25-/m11/s1. The molecule has 8 rings (SSSR count). The highest BCUT2D eigenvalue weighted by Gasteiger charge is 2.50. The number of carbonyl (C=O) groups excluding carboxylic acids is 2. The van der Waals surface area contributed by atoms with Crippen molar-refractivity contribution < 1.29 is 14.5 Å². The smallest absolute Gasteiger partial charge is 0.269 e. The summed E-state index contributed by atoms with van der Waals surface area (Å²) < 4.78 is 0. The summed E-state index contributed by atoms with van der Waals surface area (Å²) in [6.45, 7) is 0.575. The Morgan fingerprint density at radius 2 is 1.06 bits per heavy atom. The van der Waals surface area contributed by atoms with E-state index in [2.05, 4.69) is 0 Å². The van der Waals surface area contributed by atoms with Crippen molar-refractivity contribution in [2.45, 2.75) is 191 Å². The first-order valence-corrected chi connectivity index (χ1v) is 25.2. The second kappa shape index (κ2) is 22.0. The number of hydrogen-bond acceptors (Lipinski definition) is 8. The van der Waals surface area contributed by atoms with Crippen LogP contribution in [0.15, 0.2) is 52.4 Å². The second-order valence-electron chi connectivity index (χ2n) is 20.0. The summed E-state index contributed by atoms with van der Waals surface area (Å²) in [5.41, 5.74) is 12.8. The van der Waals surface area contributed by atoms with Gasteiger partial charge >= 0.3 is 0 Å². The van der Waals surface area contributed by atoms with E-state index in [4.69, 9.17) is 44.7 Å². The highest BCUT2D eigenvalue weighted by Crippen LogP contribution is 2.43. The molecule has 4 fully saturated rings. The number of nitro benzene ring substituents is 1. The summed E-state index contributed by atoms with van der Waals surface area (Å²) >= 11 is 12.4. The van der Waals surface area contributed by atoms with Gasteiger partial charge in [0.2, 0.25) is 0 Å². The van der Waals surface area contributed by atoms with Gasteiger partial charge in [-0.25, -0.2) is 9.98 Å². The fraction of sp³-hybridized carbons (Fsp3) is 0.680. The Hall–Kier alpha value is -3.70. The van der Waals surface area contributed by atoms with Crippen LogP contribution in [0.5, 0.6) is 0 Å². The lowest BCUT2D eigenvalue weighted by atomic mass is 9.75. The quantitative estimate of drug-likeness (QED) is 0.134. The maximum absolute atomic E-state index is 13.8. The molecule has 6 aliphatic rings. The summed E-state index contributed by atoms with van der Waals surface area (Å²) in [7, 11) is 0. The Balaban J connectivity index is 0.000000189. The van der Waals surface area contributed by atoms with E-state index in [9.17, 15) is 19.7 Å². The number of amides is 2. The molecule has 13 heteroatoms. The zero-order chi connectivity index (χ0) is 44.4. The molecule has 4 aliphatic carbocycles. The van der Waals surface area contributed by atoms with Gasteiger partial charge in [0, 0.05) is 22.2 Å². The lowest BCUT2D eigenvalue weighted by Crippen LogP contribution is -2.45. The van der Waals surface area contributed by atoms with Crippen molar-refractivity contribution in [3.05, 3.63) is 73.8 Å². The van der Waals surface area contributed by atoms with Gasteiger partial charge in [-0.1, -0.05) is 170 Å². The van der Waals surface area contributed by atoms with Crippen LogP contribution in [0.1, 0.15) is 178 Å². The maximum atomic E-state index is 13.8. The zero-order valence-electron chi connectivity index (χ0n) is 37.4. The second-order valence-corrected chi connectivity index (χ2v) is 20.8. The van der Waals surface area contributed by atoms with Crippen molar-refractivity contribution in [3.8, 4) is 0 Å². The van der Waals surface area contributed by atoms with Gasteiger partial charge < -0.3 is 11.5 Å². The van der Waals surface area contributed by atoms with E-state index in [1.807, 2.05) is 6.07 Å². The normalized spacial score (nSPS) is 25.5. The summed E-state index contributed by atoms with van der Waals surface area (Å²) in [6.07, 6.45) is 30.6. The molecule has 2 heterocycles. The first kappa shape index (κ1) is 47.3. The van der Waals surface area contributed by atoms with Crippen LogP contribution in [-0.4, -0.2) is 49.5 Å². The fourth-order valence-electron chi connectivity index (χ4n) is 11.8. The predicted octanol–water partition coefficient (Wildman–Crippen LogP) is 12.0. The fourth-order valence-corrected chi connectivity index (χ4v) is 12.3. The molecule has 0 unspecified atom stereocenters. The predicted molar refractivity (Wildman–Crippen MR) is 253 cm³/mol. The Bertz CT molecular complexity index is 1950. The third-order valence-electron chi connectivity index (χ3n) is 15.4. The molecule has 0 spiro atoms. The average Bonchev–Trinajstić information content (AvgIpc) is 3.66. The van der Waals surface area contributed by atoms with E-state index in [0.29, 0.717) is 45.9 Å². The summed E-state index contributed by atoms with van der Waals surface area (Å²) in [5, 5.41) is 12.3. The first-order valence-electron chi connectivity index (χ1n) is 24.5. The third kappa shape index (κ3) is 12.2. The number of halogens is 2. The number of benzene rings is 2. The van der Waals surface area contributed by atoms with Crippen molar-refractivity contribution in [2.24, 2.45) is 45.1 Å². The molecule has 2 atom stereocenters. The van der Waals surface area contributed by atoms with Crippen LogP contribution in [0.2, 0.25) is 10.0 Å². The van der Waals surface area contributed by atoms with Gasteiger partial charge in [-0.3, -0.25) is 29.5 Å². The molecule has 63 heavy (non-hydrogen) atoms. The van der Waals surface area contributed by atoms with E-state index >= 15 is 0 Å². The number of non-ortho nitro benzene ring substituents is 1. The van der Waals surface area contributed by atoms with Crippen LogP contribution in [0.25, 0.3) is 0 Å². The van der Waals surface area contributed by atoms with Crippen molar-refractivity contribution in [3.63, 3.8) is 0 Å². The van der Waals surface area contributed by atoms with Crippen molar-refractivity contribution >= 4 is 52.6 Å². The van der Waals surface area contributed by atoms with E-state index < -0.39 is 16.0 Å². The summed E-state index contributed by atoms with van der Waals surface area (Å²) in [4.78, 5) is 51.3. The molecule has 0 aromatic heterocycles. The average molecular weight is 905 g/mol. The van der Waals surface area contributed by atoms with Crippen LogP contribution in [0.3, 0.4) is 0 Å². The summed E-state index contributed by atoms with van der Waals surface area (Å²) in [5.74, 6) is 3.16. The minimum Gasteiger partial charge on any atom is -0.369 e. The molecule has 0 saturated heterocycles. The van der Waals surface area contributed by atoms with E-state index in [1.165, 1.54) is 141 Å². The molecule has 0 bridgehead atoms. The minimum absolute atomic E-state index is 0.0112. The van der Waals surface area contributed by atoms with Gasteiger partial charge in [0.1, 0.15) is 11.1 Å². The van der Waals surface area contributed by atoms with Crippen molar-refractivity contribution in [1.82, 2.24) is 9.80 Å². The number of rotatable bonds is 15. The van der Waals surface area contributed by atoms with Crippen LogP contribution in [0, 0.1) is 33.8 Å². The largest absolute Gasteiger partial charge is 0.369 e. The lowest BCUT2D eigenvalue weighted by Gasteiger charge is -2.33. The number of carbonyl (C=O) groups is 2. The van der Waals surface area contributed by atoms with Gasteiger partial charge in [0.15, 0.2) is 11.9 Å². The molecular weight excluding hydrogens is 834 g/mol. The lowest BCUT2D eigenvalue weighted by molar-refractivity contribution is -0.384. The molecule has 2 aromatic carbocycles. The molecule has 11 nitrogen and oxygen atoms in total. The molecule has 2 amide bonds. The van der Waals surface area contributed by atoms with Crippen LogP contribution < -0.4 is 11.5 Å². The molecule has 4 N–H and O–H groups in total. The van der Waals surface area contributed by atoms with Crippen LogP contribution in [-0.2, 0) is 22.7 Å². The molecule has 2 aromatic rings. The molecule has 4 saturated carbocycles. The monoisotopic (exact) mass is 903 g/mol. The first-order chi connectivity index (χ1) is 30.4. The number of aliphatic imine (C=N–C) groups is 2. The number of nitrogens with two attached hydrogens (primary N) is 2. The van der Waals surface area contributed by atoms with Gasteiger partial charge in [0.25, 0.3) is 17.5 Å². The molecule has 0 radical (unpaired) electrons. The Kier molecular flexibility index (Phi) is 16.5. The van der Waals surface area contributed by atoms with E-state index in [0.717, 1.165) is 50.0 Å². The topological polar surface area (TPSA) is 161 Å². The van der Waals surface area contributed by atoms with Gasteiger partial charge in [0.05, 0.1) is 18.0 Å². The van der Waals surface area contributed by atoms with Crippen molar-refractivity contribution in [1.29, 1.82) is 0 Å². The van der Waals surface area contributed by atoms with E-state index in [-0.39, 0.29) is 30.0 Å². The van der Waals surface area contributed by atoms with Crippen molar-refractivity contribution in [2.75, 3.05) is 0 Å². The SMILES string of the molecule is NC1=N[C@](CCC2CCCCC2)(CC2CCCCC2)C(=O)N1Cc1ccc(Cl)cc1Cl.NC1=N[C@](CCC2CCCCC2)(CC2CCCCC2)C(=O)N1Cc1cccc([N+](=O)[O-])c1. The van der Waals surface area contributed by atoms with Crippen LogP contribution in [0.4, 0.5) is 5.69 Å². The zero-order valence-corrected chi connectivity index (χ0v) is 38.9. The number of guanidine groups is 2. The molecular formula is C50H71Cl2N7O4. The van der Waals surface area contributed by atoms with E-state index in [1.54, 1.807) is 34.1 Å². The van der Waals surface area contributed by atoms with Crippen LogP contribution >= 0.6 is 23.2 Å². The summed E-state index contributed by atoms with van der Waals surface area (Å²) in [6, 6.07) is 11.8.